The van der Waals surface area contributed by atoms with Crippen molar-refractivity contribution in [2.75, 3.05) is 13.7 Å². The molecular formula is C15H16BrNO4. The molecular weight excluding hydrogens is 338 g/mol. The Hall–Kier alpha value is -1.82. The van der Waals surface area contributed by atoms with E-state index < -0.39 is 12.1 Å². The lowest BCUT2D eigenvalue weighted by Gasteiger charge is -2.28. The number of nitrogens with zero attached hydrogens (tertiary/aromatic N) is 1. The van der Waals surface area contributed by atoms with Crippen molar-refractivity contribution in [1.29, 1.82) is 0 Å². The number of amides is 1. The van der Waals surface area contributed by atoms with Gasteiger partial charge in [0, 0.05) is 11.4 Å². The molecule has 1 aliphatic heterocycles. The summed E-state index contributed by atoms with van der Waals surface area (Å²) in [5, 5.41) is 0. The fourth-order valence-electron chi connectivity index (χ4n) is 1.99. The molecule has 6 heteroatoms. The first kappa shape index (κ1) is 15.6. The average molecular weight is 354 g/mol. The third-order valence-electron chi connectivity index (χ3n) is 3.08. The molecule has 0 saturated heterocycles. The Bertz CT molecular complexity index is 544. The summed E-state index contributed by atoms with van der Waals surface area (Å²) in [4.78, 5) is 25.2. The summed E-state index contributed by atoms with van der Waals surface area (Å²) in [5.41, 5.74) is 1.11. The number of alkyl halides is 1. The Morgan fingerprint density at radius 3 is 2.71 bits per heavy atom. The molecule has 112 valence electrons. The highest BCUT2D eigenvalue weighted by molar-refractivity contribution is 9.09. The van der Waals surface area contributed by atoms with E-state index in [2.05, 4.69) is 15.9 Å². The van der Waals surface area contributed by atoms with Crippen LogP contribution in [0.2, 0.25) is 0 Å². The van der Waals surface area contributed by atoms with E-state index in [-0.39, 0.29) is 17.1 Å². The lowest BCUT2D eigenvalue weighted by atomic mass is 10.1. The molecule has 0 aromatic heterocycles. The maximum atomic E-state index is 12.1. The van der Waals surface area contributed by atoms with E-state index in [1.165, 1.54) is 12.0 Å². The number of rotatable bonds is 3. The van der Waals surface area contributed by atoms with Crippen LogP contribution in [0, 0.1) is 0 Å². The molecule has 21 heavy (non-hydrogen) atoms. The van der Waals surface area contributed by atoms with Crippen molar-refractivity contribution in [3.8, 4) is 0 Å². The van der Waals surface area contributed by atoms with Crippen LogP contribution in [-0.4, -0.2) is 35.4 Å². The number of carbonyl (C=O) groups is 2. The zero-order valence-electron chi connectivity index (χ0n) is 11.6. The standard InChI is InChI=1S/C15H16BrNO4/c1-20-14(18)13-9-12(16)7-8-17(13)15(19)21-10-11-5-3-2-4-6-11/h2-6,9,12H,7-8,10H2,1H3/t12-/m1/s1. The minimum atomic E-state index is -0.546. The third-order valence-corrected chi connectivity index (χ3v) is 3.80. The summed E-state index contributed by atoms with van der Waals surface area (Å²) in [6.07, 6.45) is 1.83. The monoisotopic (exact) mass is 353 g/mol. The molecule has 0 radical (unpaired) electrons. The van der Waals surface area contributed by atoms with E-state index in [9.17, 15) is 9.59 Å². The molecule has 1 atom stereocenters. The second kappa shape index (κ2) is 7.26. The van der Waals surface area contributed by atoms with Gasteiger partial charge in [-0.15, -0.1) is 0 Å². The molecule has 5 nitrogen and oxygen atoms in total. The Labute approximate surface area is 131 Å². The highest BCUT2D eigenvalue weighted by Crippen LogP contribution is 2.22. The highest BCUT2D eigenvalue weighted by Gasteiger charge is 2.30. The fraction of sp³-hybridized carbons (Fsp3) is 0.333. The van der Waals surface area contributed by atoms with E-state index in [0.717, 1.165) is 5.56 Å². The first-order chi connectivity index (χ1) is 10.1. The number of carbonyl (C=O) groups excluding carboxylic acids is 2. The fourth-order valence-corrected chi connectivity index (χ4v) is 2.44. The molecule has 1 aliphatic rings. The average Bonchev–Trinajstić information content (AvgIpc) is 2.52. The maximum Gasteiger partial charge on any atom is 0.414 e. The normalized spacial score (nSPS) is 17.9. The van der Waals surface area contributed by atoms with E-state index in [4.69, 9.17) is 9.47 Å². The Morgan fingerprint density at radius 2 is 2.05 bits per heavy atom. The van der Waals surface area contributed by atoms with Gasteiger partial charge in [0.15, 0.2) is 0 Å². The Kier molecular flexibility index (Phi) is 5.38. The molecule has 0 bridgehead atoms. The van der Waals surface area contributed by atoms with Gasteiger partial charge in [0.25, 0.3) is 0 Å². The van der Waals surface area contributed by atoms with Crippen LogP contribution in [0.3, 0.4) is 0 Å². The van der Waals surface area contributed by atoms with Gasteiger partial charge in [-0.25, -0.2) is 9.59 Å². The van der Waals surface area contributed by atoms with E-state index >= 15 is 0 Å². The van der Waals surface area contributed by atoms with E-state index in [0.29, 0.717) is 13.0 Å². The molecule has 1 aromatic carbocycles. The maximum absolute atomic E-state index is 12.1. The largest absolute Gasteiger partial charge is 0.464 e. The van der Waals surface area contributed by atoms with Gasteiger partial charge >= 0.3 is 12.1 Å². The zero-order valence-corrected chi connectivity index (χ0v) is 13.2. The number of ether oxygens (including phenoxy) is 2. The van der Waals surface area contributed by atoms with E-state index in [1.54, 1.807) is 6.08 Å². The number of allylic oxidation sites excluding steroid dienone is 1. The Balaban J connectivity index is 2.03. The van der Waals surface area contributed by atoms with E-state index in [1.807, 2.05) is 30.3 Å². The molecule has 0 aliphatic carbocycles. The summed E-state index contributed by atoms with van der Waals surface area (Å²) < 4.78 is 9.95. The van der Waals surface area contributed by atoms with Crippen LogP contribution in [0.5, 0.6) is 0 Å². The van der Waals surface area contributed by atoms with Crippen molar-refractivity contribution < 1.29 is 19.1 Å². The van der Waals surface area contributed by atoms with Crippen molar-refractivity contribution in [2.45, 2.75) is 17.9 Å². The molecule has 1 heterocycles. The first-order valence-corrected chi connectivity index (χ1v) is 7.46. The van der Waals surface area contributed by atoms with Gasteiger partial charge < -0.3 is 9.47 Å². The lowest BCUT2D eigenvalue weighted by Crippen LogP contribution is -2.39. The van der Waals surface area contributed by atoms with Crippen molar-refractivity contribution >= 4 is 28.0 Å². The number of hydrogen-bond acceptors (Lipinski definition) is 4. The molecule has 0 saturated carbocycles. The van der Waals surface area contributed by atoms with Crippen LogP contribution >= 0.6 is 15.9 Å². The first-order valence-electron chi connectivity index (χ1n) is 6.54. The van der Waals surface area contributed by atoms with Gasteiger partial charge in [0.05, 0.1) is 7.11 Å². The van der Waals surface area contributed by atoms with Crippen LogP contribution in [0.15, 0.2) is 42.1 Å². The van der Waals surface area contributed by atoms with Crippen molar-refractivity contribution in [3.05, 3.63) is 47.7 Å². The summed E-state index contributed by atoms with van der Waals surface area (Å²) in [6, 6.07) is 9.38. The number of esters is 1. The molecule has 2 rings (SSSR count). The minimum Gasteiger partial charge on any atom is -0.464 e. The highest BCUT2D eigenvalue weighted by atomic mass is 79.9. The van der Waals surface area contributed by atoms with Crippen molar-refractivity contribution in [3.63, 3.8) is 0 Å². The van der Waals surface area contributed by atoms with Gasteiger partial charge in [-0.2, -0.15) is 0 Å². The molecule has 0 N–H and O–H groups in total. The summed E-state index contributed by atoms with van der Waals surface area (Å²) >= 11 is 3.42. The molecule has 1 amide bonds. The third kappa shape index (κ3) is 4.07. The van der Waals surface area contributed by atoms with Gasteiger partial charge in [0.1, 0.15) is 12.3 Å². The van der Waals surface area contributed by atoms with Crippen LogP contribution in [0.25, 0.3) is 0 Å². The van der Waals surface area contributed by atoms with Gasteiger partial charge in [-0.1, -0.05) is 46.3 Å². The predicted octanol–water partition coefficient (Wildman–Crippen LogP) is 2.85. The van der Waals surface area contributed by atoms with Gasteiger partial charge in [0.2, 0.25) is 0 Å². The Morgan fingerprint density at radius 1 is 1.33 bits per heavy atom. The second-order valence-corrected chi connectivity index (χ2v) is 5.72. The molecule has 1 aromatic rings. The summed E-state index contributed by atoms with van der Waals surface area (Å²) in [7, 11) is 1.29. The van der Waals surface area contributed by atoms with Gasteiger partial charge in [-0.05, 0) is 18.1 Å². The predicted molar refractivity (Wildman–Crippen MR) is 80.8 cm³/mol. The van der Waals surface area contributed by atoms with Crippen LogP contribution in [0.4, 0.5) is 4.79 Å². The molecule has 0 fully saturated rings. The topological polar surface area (TPSA) is 55.8 Å². The summed E-state index contributed by atoms with van der Waals surface area (Å²) in [5.74, 6) is -0.546. The number of benzene rings is 1. The minimum absolute atomic E-state index is 0.0461. The van der Waals surface area contributed by atoms with Gasteiger partial charge in [-0.3, -0.25) is 4.90 Å². The molecule has 0 unspecified atom stereocenters. The van der Waals surface area contributed by atoms with Crippen molar-refractivity contribution in [2.24, 2.45) is 0 Å². The van der Waals surface area contributed by atoms with Crippen LogP contribution < -0.4 is 0 Å². The molecule has 0 spiro atoms. The quantitative estimate of drug-likeness (QED) is 0.619. The number of hydrogen-bond donors (Lipinski definition) is 0. The van der Waals surface area contributed by atoms with Crippen LogP contribution in [0.1, 0.15) is 12.0 Å². The SMILES string of the molecule is COC(=O)C1=C[C@H](Br)CCN1C(=O)OCc1ccccc1. The number of methoxy groups -OCH3 is 1. The van der Waals surface area contributed by atoms with Crippen molar-refractivity contribution in [1.82, 2.24) is 4.90 Å². The summed E-state index contributed by atoms with van der Waals surface area (Å²) in [6.45, 7) is 0.576. The smallest absolute Gasteiger partial charge is 0.414 e. The lowest BCUT2D eigenvalue weighted by molar-refractivity contribution is -0.138. The zero-order chi connectivity index (χ0) is 15.2. The number of halogens is 1. The van der Waals surface area contributed by atoms with Crippen LogP contribution in [-0.2, 0) is 20.9 Å². The second-order valence-electron chi connectivity index (χ2n) is 4.54.